The predicted octanol–water partition coefficient (Wildman–Crippen LogP) is 5.49. The largest absolute Gasteiger partial charge is 0.288 e. The highest BCUT2D eigenvalue weighted by Gasteiger charge is 2.42. The molecule has 2 aliphatic rings. The van der Waals surface area contributed by atoms with Gasteiger partial charge >= 0.3 is 0 Å². The molecule has 8 heteroatoms. The van der Waals surface area contributed by atoms with Gasteiger partial charge in [0.15, 0.2) is 11.6 Å². The Balaban J connectivity index is 1.46. The van der Waals surface area contributed by atoms with Crippen LogP contribution in [-0.4, -0.2) is 34.8 Å². The van der Waals surface area contributed by atoms with Crippen molar-refractivity contribution in [3.05, 3.63) is 79.9 Å². The van der Waals surface area contributed by atoms with Gasteiger partial charge in [-0.3, -0.25) is 24.1 Å². The lowest BCUT2D eigenvalue weighted by molar-refractivity contribution is -0.147. The fourth-order valence-corrected chi connectivity index (χ4v) is 6.15. The molecule has 1 saturated heterocycles. The Hall–Kier alpha value is -3.93. The minimum atomic E-state index is -0.898. The number of carbonyl (C=O) groups is 4. The lowest BCUT2D eigenvalue weighted by atomic mass is 9.82. The van der Waals surface area contributed by atoms with Crippen LogP contribution in [0.5, 0.6) is 0 Å². The van der Waals surface area contributed by atoms with Gasteiger partial charge in [0.2, 0.25) is 5.91 Å². The molecular formula is C28H20N2O4S2. The number of thiophene rings is 2. The number of likely N-dealkylation sites (N-methyl/N-ethyl adjacent to an activating group) is 1. The van der Waals surface area contributed by atoms with Gasteiger partial charge in [0.05, 0.1) is 11.6 Å². The third-order valence-electron chi connectivity index (χ3n) is 6.51. The number of imide groups is 1. The van der Waals surface area contributed by atoms with Crippen LogP contribution in [0.3, 0.4) is 0 Å². The van der Waals surface area contributed by atoms with Crippen molar-refractivity contribution in [2.45, 2.75) is 13.8 Å². The van der Waals surface area contributed by atoms with Gasteiger partial charge in [0.1, 0.15) is 5.92 Å². The van der Waals surface area contributed by atoms with Crippen molar-refractivity contribution >= 4 is 58.2 Å². The standard InChI is InChI=1S/C28H20N2O4S2/c1-3-30-27(33)20(15(2)23(14-29)28(30)34)13-18-7-9-24(36-18)16-6-8-19-21(11-16)26(32)22(25(19)31)12-17-5-4-10-35-17/h4-13,15,23H,3H2,1-2H3/b20-13+,22-12+. The summed E-state index contributed by atoms with van der Waals surface area (Å²) in [6, 6.07) is 14.8. The Kier molecular flexibility index (Phi) is 6.12. The highest BCUT2D eigenvalue weighted by molar-refractivity contribution is 7.16. The quantitative estimate of drug-likeness (QED) is 0.262. The molecule has 1 aliphatic heterocycles. The van der Waals surface area contributed by atoms with Crippen LogP contribution in [0.2, 0.25) is 0 Å². The van der Waals surface area contributed by atoms with Crippen LogP contribution >= 0.6 is 22.7 Å². The molecule has 3 heterocycles. The van der Waals surface area contributed by atoms with E-state index < -0.39 is 17.7 Å². The number of benzene rings is 1. The van der Waals surface area contributed by atoms with E-state index in [4.69, 9.17) is 0 Å². The van der Waals surface area contributed by atoms with Gasteiger partial charge in [-0.1, -0.05) is 19.1 Å². The molecule has 1 fully saturated rings. The summed E-state index contributed by atoms with van der Waals surface area (Å²) in [5.74, 6) is -2.78. The molecule has 0 bridgehead atoms. The van der Waals surface area contributed by atoms with Crippen LogP contribution < -0.4 is 0 Å². The molecule has 0 spiro atoms. The predicted molar refractivity (Wildman–Crippen MR) is 139 cm³/mol. The highest BCUT2D eigenvalue weighted by atomic mass is 32.1. The van der Waals surface area contributed by atoms with Gasteiger partial charge < -0.3 is 0 Å². The van der Waals surface area contributed by atoms with Gasteiger partial charge in [0, 0.05) is 43.8 Å². The zero-order valence-electron chi connectivity index (χ0n) is 19.5. The number of rotatable bonds is 4. The molecule has 2 unspecified atom stereocenters. The zero-order valence-corrected chi connectivity index (χ0v) is 21.1. The molecule has 1 aliphatic carbocycles. The van der Waals surface area contributed by atoms with Crippen LogP contribution in [0.25, 0.3) is 22.6 Å². The minimum absolute atomic E-state index is 0.174. The number of hydrogen-bond donors (Lipinski definition) is 0. The van der Waals surface area contributed by atoms with Crippen molar-refractivity contribution in [1.82, 2.24) is 4.90 Å². The minimum Gasteiger partial charge on any atom is -0.288 e. The van der Waals surface area contributed by atoms with E-state index in [2.05, 4.69) is 0 Å². The number of likely N-dealkylation sites (tertiary alicyclic amines) is 1. The maximum Gasteiger partial charge on any atom is 0.256 e. The summed E-state index contributed by atoms with van der Waals surface area (Å²) in [5.41, 5.74) is 2.19. The maximum absolute atomic E-state index is 13.0. The van der Waals surface area contributed by atoms with E-state index in [1.165, 1.54) is 22.7 Å². The molecule has 2 aromatic heterocycles. The normalized spacial score (nSPS) is 22.0. The van der Waals surface area contributed by atoms with Gasteiger partial charge in [-0.15, -0.1) is 22.7 Å². The fourth-order valence-electron chi connectivity index (χ4n) is 4.53. The molecule has 5 rings (SSSR count). The van der Waals surface area contributed by atoms with Crippen molar-refractivity contribution in [3.63, 3.8) is 0 Å². The lowest BCUT2D eigenvalue weighted by Crippen LogP contribution is -2.49. The summed E-state index contributed by atoms with van der Waals surface area (Å²) in [6.45, 7) is 3.64. The fraction of sp³-hybridized carbons (Fsp3) is 0.179. The van der Waals surface area contributed by atoms with Crippen LogP contribution in [0.4, 0.5) is 0 Å². The number of carbonyl (C=O) groups excluding carboxylic acids is 4. The van der Waals surface area contributed by atoms with E-state index >= 15 is 0 Å². The molecule has 1 aromatic carbocycles. The van der Waals surface area contributed by atoms with Crippen molar-refractivity contribution in [3.8, 4) is 16.5 Å². The number of allylic oxidation sites excluding steroid dienone is 1. The molecule has 6 nitrogen and oxygen atoms in total. The monoisotopic (exact) mass is 512 g/mol. The number of piperidine rings is 1. The van der Waals surface area contributed by atoms with Crippen molar-refractivity contribution in [1.29, 1.82) is 5.26 Å². The van der Waals surface area contributed by atoms with Crippen LogP contribution in [0.15, 0.2) is 59.0 Å². The molecule has 2 atom stereocenters. The van der Waals surface area contributed by atoms with Gasteiger partial charge in [-0.2, -0.15) is 5.26 Å². The molecule has 178 valence electrons. The van der Waals surface area contributed by atoms with Gasteiger partial charge in [-0.05, 0) is 60.4 Å². The molecule has 2 amide bonds. The van der Waals surface area contributed by atoms with E-state index in [9.17, 15) is 24.4 Å². The van der Waals surface area contributed by atoms with Gasteiger partial charge in [-0.25, -0.2) is 0 Å². The third kappa shape index (κ3) is 3.87. The Morgan fingerprint density at radius 3 is 2.47 bits per heavy atom. The van der Waals surface area contributed by atoms with E-state index in [1.54, 1.807) is 38.1 Å². The van der Waals surface area contributed by atoms with Crippen molar-refractivity contribution in [2.24, 2.45) is 11.8 Å². The second kappa shape index (κ2) is 9.26. The summed E-state index contributed by atoms with van der Waals surface area (Å²) in [5, 5.41) is 11.4. The first-order valence-electron chi connectivity index (χ1n) is 11.4. The van der Waals surface area contributed by atoms with E-state index in [-0.39, 0.29) is 29.6 Å². The first-order chi connectivity index (χ1) is 17.3. The second-order valence-corrected chi connectivity index (χ2v) is 10.7. The Bertz CT molecular complexity index is 1540. The van der Waals surface area contributed by atoms with Crippen molar-refractivity contribution in [2.75, 3.05) is 6.54 Å². The highest BCUT2D eigenvalue weighted by Crippen LogP contribution is 2.37. The number of nitriles is 1. The summed E-state index contributed by atoms with van der Waals surface area (Å²) < 4.78 is 0. The van der Waals surface area contributed by atoms with E-state index in [0.717, 1.165) is 25.1 Å². The lowest BCUT2D eigenvalue weighted by Gasteiger charge is -2.32. The molecule has 0 radical (unpaired) electrons. The number of hydrogen-bond acceptors (Lipinski definition) is 7. The zero-order chi connectivity index (χ0) is 25.6. The molecule has 0 saturated carbocycles. The third-order valence-corrected chi connectivity index (χ3v) is 8.41. The SMILES string of the molecule is CCN1C(=O)/C(=C/c2ccc(-c3ccc4c(c3)C(=O)/C(=C/c3cccs3)C4=O)s2)C(C)C(C#N)C1=O. The first-order valence-corrected chi connectivity index (χ1v) is 13.1. The van der Waals surface area contributed by atoms with E-state index in [1.807, 2.05) is 41.8 Å². The summed E-state index contributed by atoms with van der Waals surface area (Å²) in [6.07, 6.45) is 3.39. The Morgan fingerprint density at radius 2 is 1.78 bits per heavy atom. The number of Topliss-reactive ketones (excluding diaryl/α,β-unsaturated/α-hetero) is 2. The van der Waals surface area contributed by atoms with Crippen LogP contribution in [-0.2, 0) is 9.59 Å². The second-order valence-electron chi connectivity index (χ2n) is 8.58. The van der Waals surface area contributed by atoms with Gasteiger partial charge in [0.25, 0.3) is 5.91 Å². The number of fused-ring (bicyclic) bond motifs is 1. The maximum atomic E-state index is 13.0. The number of amides is 2. The Labute approximate surface area is 215 Å². The summed E-state index contributed by atoms with van der Waals surface area (Å²) in [7, 11) is 0. The molecule has 3 aromatic rings. The molecule has 0 N–H and O–H groups in total. The van der Waals surface area contributed by atoms with Crippen LogP contribution in [0, 0.1) is 23.2 Å². The number of nitrogens with zero attached hydrogens (tertiary/aromatic N) is 2. The van der Waals surface area contributed by atoms with Crippen molar-refractivity contribution < 1.29 is 19.2 Å². The average Bonchev–Trinajstić information content (AvgIpc) is 3.61. The summed E-state index contributed by atoms with van der Waals surface area (Å²) >= 11 is 2.89. The van der Waals surface area contributed by atoms with E-state index in [0.29, 0.717) is 16.7 Å². The number of ketones is 2. The Morgan fingerprint density at radius 1 is 1.00 bits per heavy atom. The topological polar surface area (TPSA) is 95.3 Å². The van der Waals surface area contributed by atoms with Crippen LogP contribution in [0.1, 0.15) is 44.3 Å². The smallest absolute Gasteiger partial charge is 0.256 e. The first kappa shape index (κ1) is 23.8. The molecule has 36 heavy (non-hydrogen) atoms. The summed E-state index contributed by atoms with van der Waals surface area (Å²) in [4.78, 5) is 54.8. The molecular weight excluding hydrogens is 492 g/mol. The average molecular weight is 513 g/mol.